The van der Waals surface area contributed by atoms with Crippen LogP contribution in [0.1, 0.15) is 25.6 Å². The summed E-state index contributed by atoms with van der Waals surface area (Å²) < 4.78 is 0. The second kappa shape index (κ2) is 5.83. The number of carboxylic acids is 1. The van der Waals surface area contributed by atoms with Crippen molar-refractivity contribution in [2.75, 3.05) is 5.32 Å². The second-order valence-corrected chi connectivity index (χ2v) is 6.06. The van der Waals surface area contributed by atoms with Crippen LogP contribution in [0.15, 0.2) is 24.3 Å². The van der Waals surface area contributed by atoms with Crippen molar-refractivity contribution in [3.05, 3.63) is 50.3 Å². The van der Waals surface area contributed by atoms with E-state index in [9.17, 15) is 9.59 Å². The van der Waals surface area contributed by atoms with E-state index in [-0.39, 0.29) is 10.6 Å². The van der Waals surface area contributed by atoms with E-state index in [1.807, 2.05) is 0 Å². The molecule has 0 atom stereocenters. The van der Waals surface area contributed by atoms with Gasteiger partial charge in [-0.3, -0.25) is 4.79 Å². The van der Waals surface area contributed by atoms with E-state index in [1.54, 1.807) is 6.92 Å². The Kier molecular flexibility index (Phi) is 4.32. The molecule has 0 fully saturated rings. The van der Waals surface area contributed by atoms with Crippen molar-refractivity contribution < 1.29 is 14.7 Å². The van der Waals surface area contributed by atoms with Gasteiger partial charge in [0.15, 0.2) is 0 Å². The lowest BCUT2D eigenvalue weighted by Gasteiger charge is -2.05. The third kappa shape index (κ3) is 3.12. The van der Waals surface area contributed by atoms with Gasteiger partial charge in [0.25, 0.3) is 5.91 Å². The molecule has 1 aromatic heterocycles. The molecule has 0 spiro atoms. The molecule has 1 heterocycles. The minimum absolute atomic E-state index is 0.0703. The predicted octanol–water partition coefficient (Wildman–Crippen LogP) is 4.31. The van der Waals surface area contributed by atoms with Crippen molar-refractivity contribution in [1.29, 1.82) is 0 Å². The summed E-state index contributed by atoms with van der Waals surface area (Å²) in [7, 11) is 0. The normalized spacial score (nSPS) is 10.3. The molecule has 0 aliphatic rings. The first kappa shape index (κ1) is 14.8. The minimum Gasteiger partial charge on any atom is -0.478 e. The average Bonchev–Trinajstić information content (AvgIpc) is 2.73. The number of benzene rings is 1. The number of hydrogen-bond acceptors (Lipinski definition) is 3. The van der Waals surface area contributed by atoms with E-state index in [1.165, 1.54) is 35.6 Å². The zero-order valence-electron chi connectivity index (χ0n) is 10.2. The van der Waals surface area contributed by atoms with E-state index in [0.717, 1.165) is 4.88 Å². The van der Waals surface area contributed by atoms with E-state index >= 15 is 0 Å². The van der Waals surface area contributed by atoms with Gasteiger partial charge in [-0.25, -0.2) is 4.79 Å². The van der Waals surface area contributed by atoms with Crippen molar-refractivity contribution in [2.45, 2.75) is 6.92 Å². The molecule has 0 saturated carbocycles. The van der Waals surface area contributed by atoms with E-state index in [4.69, 9.17) is 28.3 Å². The number of carbonyl (C=O) groups excluding carboxylic acids is 1. The maximum absolute atomic E-state index is 12.1. The number of amides is 1. The highest BCUT2D eigenvalue weighted by atomic mass is 35.5. The number of thiophene rings is 1. The number of aryl methyl sites for hydroxylation is 1. The van der Waals surface area contributed by atoms with E-state index in [2.05, 4.69) is 5.32 Å². The van der Waals surface area contributed by atoms with Crippen LogP contribution in [0, 0.1) is 6.92 Å². The monoisotopic (exact) mass is 329 g/mol. The lowest BCUT2D eigenvalue weighted by atomic mass is 10.2. The van der Waals surface area contributed by atoms with Crippen molar-refractivity contribution in [2.24, 2.45) is 0 Å². The van der Waals surface area contributed by atoms with Crippen molar-refractivity contribution in [1.82, 2.24) is 0 Å². The third-order valence-corrected chi connectivity index (χ3v) is 4.20. The lowest BCUT2D eigenvalue weighted by molar-refractivity contribution is 0.0698. The zero-order chi connectivity index (χ0) is 14.9. The summed E-state index contributed by atoms with van der Waals surface area (Å²) in [6.45, 7) is 1.77. The standard InChI is InChI=1S/C13H9Cl2NO3S/c1-6-4-8(13(18)19)12(20-6)16-11(17)7-2-3-9(14)10(15)5-7/h2-5H,1H3,(H,16,17)(H,18,19). The summed E-state index contributed by atoms with van der Waals surface area (Å²) in [4.78, 5) is 23.9. The summed E-state index contributed by atoms with van der Waals surface area (Å²) in [6, 6.07) is 5.97. The molecule has 4 nitrogen and oxygen atoms in total. The molecule has 104 valence electrons. The fourth-order valence-corrected chi connectivity index (χ4v) is 2.78. The Hall–Kier alpha value is -1.56. The van der Waals surface area contributed by atoms with Crippen molar-refractivity contribution in [3.63, 3.8) is 0 Å². The second-order valence-electron chi connectivity index (χ2n) is 3.99. The molecule has 1 amide bonds. The smallest absolute Gasteiger partial charge is 0.338 e. The summed E-state index contributed by atoms with van der Waals surface area (Å²) in [5.74, 6) is -1.52. The van der Waals surface area contributed by atoms with Gasteiger partial charge in [-0.05, 0) is 31.2 Å². The van der Waals surface area contributed by atoms with Crippen LogP contribution in [-0.4, -0.2) is 17.0 Å². The van der Waals surface area contributed by atoms with Crippen LogP contribution >= 0.6 is 34.5 Å². The SMILES string of the molecule is Cc1cc(C(=O)O)c(NC(=O)c2ccc(Cl)c(Cl)c2)s1. The average molecular weight is 330 g/mol. The first-order valence-corrected chi connectivity index (χ1v) is 7.06. The highest BCUT2D eigenvalue weighted by Gasteiger charge is 2.17. The molecule has 2 aromatic rings. The van der Waals surface area contributed by atoms with Gasteiger partial charge in [0, 0.05) is 10.4 Å². The van der Waals surface area contributed by atoms with Crippen LogP contribution in [-0.2, 0) is 0 Å². The number of anilines is 1. The Bertz CT molecular complexity index is 697. The molecule has 0 saturated heterocycles. The molecule has 20 heavy (non-hydrogen) atoms. The number of nitrogens with one attached hydrogen (secondary N) is 1. The molecule has 0 radical (unpaired) electrons. The number of carbonyl (C=O) groups is 2. The Balaban J connectivity index is 2.27. The van der Waals surface area contributed by atoms with E-state index in [0.29, 0.717) is 15.6 Å². The zero-order valence-corrected chi connectivity index (χ0v) is 12.6. The molecule has 2 rings (SSSR count). The summed E-state index contributed by atoms with van der Waals surface area (Å²) >= 11 is 12.8. The summed E-state index contributed by atoms with van der Waals surface area (Å²) in [5.41, 5.74) is 0.378. The topological polar surface area (TPSA) is 66.4 Å². The van der Waals surface area contributed by atoms with E-state index < -0.39 is 11.9 Å². The highest BCUT2D eigenvalue weighted by Crippen LogP contribution is 2.29. The van der Waals surface area contributed by atoms with Crippen LogP contribution in [0.3, 0.4) is 0 Å². The van der Waals surface area contributed by atoms with Crippen molar-refractivity contribution in [3.8, 4) is 0 Å². The Labute approximate surface area is 128 Å². The number of rotatable bonds is 3. The van der Waals surface area contributed by atoms with Crippen molar-refractivity contribution >= 4 is 51.4 Å². The molecule has 0 aliphatic heterocycles. The number of halogens is 2. The minimum atomic E-state index is -1.08. The Morgan fingerprint density at radius 2 is 1.90 bits per heavy atom. The van der Waals surface area contributed by atoms with Gasteiger partial charge in [-0.15, -0.1) is 11.3 Å². The maximum Gasteiger partial charge on any atom is 0.338 e. The largest absolute Gasteiger partial charge is 0.478 e. The molecule has 0 aliphatic carbocycles. The number of aromatic carboxylic acids is 1. The van der Waals surface area contributed by atoms with Gasteiger partial charge < -0.3 is 10.4 Å². The highest BCUT2D eigenvalue weighted by molar-refractivity contribution is 7.16. The summed E-state index contributed by atoms with van der Waals surface area (Å²) in [5, 5.41) is 12.5. The lowest BCUT2D eigenvalue weighted by Crippen LogP contribution is -2.13. The Morgan fingerprint density at radius 3 is 2.50 bits per heavy atom. The van der Waals surface area contributed by atoms with Crippen LogP contribution in [0.4, 0.5) is 5.00 Å². The third-order valence-electron chi connectivity index (χ3n) is 2.49. The molecule has 0 bridgehead atoms. The molecular weight excluding hydrogens is 321 g/mol. The molecule has 2 N–H and O–H groups in total. The number of carboxylic acid groups (broad SMARTS) is 1. The van der Waals surface area contributed by atoms with Crippen LogP contribution < -0.4 is 5.32 Å². The molecule has 7 heteroatoms. The molecule has 0 unspecified atom stereocenters. The van der Waals surface area contributed by atoms with Crippen LogP contribution in [0.25, 0.3) is 0 Å². The van der Waals surface area contributed by atoms with Gasteiger partial charge >= 0.3 is 5.97 Å². The summed E-state index contributed by atoms with van der Waals surface area (Å²) in [6.07, 6.45) is 0. The van der Waals surface area contributed by atoms with Gasteiger partial charge in [-0.2, -0.15) is 0 Å². The Morgan fingerprint density at radius 1 is 1.20 bits per heavy atom. The maximum atomic E-state index is 12.1. The molecule has 1 aromatic carbocycles. The number of hydrogen-bond donors (Lipinski definition) is 2. The van der Waals surface area contributed by atoms with Crippen LogP contribution in [0.5, 0.6) is 0 Å². The molecular formula is C13H9Cl2NO3S. The van der Waals surface area contributed by atoms with Gasteiger partial charge in [0.2, 0.25) is 0 Å². The van der Waals surface area contributed by atoms with Gasteiger partial charge in [-0.1, -0.05) is 23.2 Å². The predicted molar refractivity (Wildman–Crippen MR) is 80.4 cm³/mol. The van der Waals surface area contributed by atoms with Gasteiger partial charge in [0.1, 0.15) is 5.00 Å². The fourth-order valence-electron chi connectivity index (χ4n) is 1.58. The first-order chi connectivity index (χ1) is 9.38. The fraction of sp³-hybridized carbons (Fsp3) is 0.0769. The first-order valence-electron chi connectivity index (χ1n) is 5.48. The van der Waals surface area contributed by atoms with Gasteiger partial charge in [0.05, 0.1) is 15.6 Å². The quantitative estimate of drug-likeness (QED) is 0.881. The van der Waals surface area contributed by atoms with Crippen LogP contribution in [0.2, 0.25) is 10.0 Å².